The Bertz CT molecular complexity index is 1290. The molecular weight excluding hydrogens is 654 g/mol. The Morgan fingerprint density at radius 1 is 1.02 bits per heavy atom. The number of rotatable bonds is 7. The summed E-state index contributed by atoms with van der Waals surface area (Å²) >= 11 is 8.81. The number of allylic oxidation sites excluding steroid dienone is 1. The summed E-state index contributed by atoms with van der Waals surface area (Å²) in [6.07, 6.45) is -15.1. The molecule has 0 heterocycles. The number of carbonyl (C=O) groups is 2. The van der Waals surface area contributed by atoms with E-state index in [0.29, 0.717) is 12.1 Å². The molecule has 2 aromatic carbocycles. The molecular formula is C24H18BrClF10N2O2. The topological polar surface area (TPSA) is 49.4 Å². The molecule has 2 rings (SSSR count). The summed E-state index contributed by atoms with van der Waals surface area (Å²) in [5, 5.41) is 1.70. The van der Waals surface area contributed by atoms with E-state index < -0.39 is 76.9 Å². The van der Waals surface area contributed by atoms with Crippen LogP contribution in [0.2, 0.25) is 5.02 Å². The summed E-state index contributed by atoms with van der Waals surface area (Å²) in [6.45, 7) is -0.756. The first-order valence-corrected chi connectivity index (χ1v) is 12.0. The van der Waals surface area contributed by atoms with Crippen molar-refractivity contribution in [2.24, 2.45) is 0 Å². The van der Waals surface area contributed by atoms with Crippen LogP contribution < -0.4 is 5.32 Å². The molecule has 0 fully saturated rings. The number of hydrogen-bond acceptors (Lipinski definition) is 2. The maximum Gasteiger partial charge on any atom is 0.417 e. The predicted octanol–water partition coefficient (Wildman–Crippen LogP) is 7.92. The number of halogens is 12. The van der Waals surface area contributed by atoms with E-state index in [9.17, 15) is 53.5 Å². The molecule has 0 aliphatic rings. The second kappa shape index (κ2) is 12.4. The van der Waals surface area contributed by atoms with Crippen molar-refractivity contribution >= 4 is 45.2 Å². The third kappa shape index (κ3) is 8.85. The molecule has 2 atom stereocenters. The number of nitrogens with one attached hydrogen (secondary N) is 1. The average molecular weight is 672 g/mol. The summed E-state index contributed by atoms with van der Waals surface area (Å²) in [6, 6.07) is 2.55. The first-order chi connectivity index (χ1) is 18.1. The largest absolute Gasteiger partial charge is 0.417 e. The molecule has 1 N–H and O–H groups in total. The highest BCUT2D eigenvalue weighted by Crippen LogP contribution is 2.41. The maximum atomic E-state index is 14.9. The zero-order chi connectivity index (χ0) is 30.8. The van der Waals surface area contributed by atoms with Crippen LogP contribution in [0.25, 0.3) is 5.83 Å². The van der Waals surface area contributed by atoms with Gasteiger partial charge in [0.15, 0.2) is 0 Å². The van der Waals surface area contributed by atoms with Gasteiger partial charge >= 0.3 is 18.5 Å². The molecule has 4 nitrogen and oxygen atoms in total. The van der Waals surface area contributed by atoms with Crippen molar-refractivity contribution in [3.63, 3.8) is 0 Å². The molecule has 1 unspecified atom stereocenters. The molecule has 16 heteroatoms. The van der Waals surface area contributed by atoms with Gasteiger partial charge in [-0.15, -0.1) is 0 Å². The molecule has 0 radical (unpaired) electrons. The van der Waals surface area contributed by atoms with Gasteiger partial charge < -0.3 is 10.2 Å². The Hall–Kier alpha value is -2.81. The zero-order valence-corrected chi connectivity index (χ0v) is 22.5. The van der Waals surface area contributed by atoms with E-state index in [1.54, 1.807) is 0 Å². The van der Waals surface area contributed by atoms with Gasteiger partial charge in [-0.2, -0.15) is 39.5 Å². The lowest BCUT2D eigenvalue weighted by Gasteiger charge is -2.23. The molecule has 0 saturated carbocycles. The SMILES string of the molecule is C[C@@H](NC(=O)c1ccc(/C(F)=C/C(c2ccc(Br)c(Cl)c2)C(F)(F)F)cc1C(F)(F)F)C(=O)N(C)CC(F)(F)F. The van der Waals surface area contributed by atoms with Crippen molar-refractivity contribution in [2.45, 2.75) is 37.4 Å². The average Bonchev–Trinajstić information content (AvgIpc) is 2.80. The summed E-state index contributed by atoms with van der Waals surface area (Å²) in [4.78, 5) is 24.8. The summed E-state index contributed by atoms with van der Waals surface area (Å²) < 4.78 is 135. The lowest BCUT2D eigenvalue weighted by Crippen LogP contribution is -2.48. The van der Waals surface area contributed by atoms with Gasteiger partial charge in [0.2, 0.25) is 5.91 Å². The molecule has 0 aliphatic heterocycles. The third-order valence-electron chi connectivity index (χ3n) is 5.32. The lowest BCUT2D eigenvalue weighted by molar-refractivity contribution is -0.159. The smallest absolute Gasteiger partial charge is 0.341 e. The highest BCUT2D eigenvalue weighted by Gasteiger charge is 2.41. The number of amides is 2. The van der Waals surface area contributed by atoms with Crippen LogP contribution in [0.4, 0.5) is 43.9 Å². The molecule has 0 bridgehead atoms. The number of hydrogen-bond donors (Lipinski definition) is 1. The van der Waals surface area contributed by atoms with Gasteiger partial charge in [-0.05, 0) is 58.8 Å². The molecule has 0 saturated heterocycles. The van der Waals surface area contributed by atoms with E-state index in [1.807, 2.05) is 5.32 Å². The molecule has 0 spiro atoms. The lowest BCUT2D eigenvalue weighted by atomic mass is 9.95. The Morgan fingerprint density at radius 3 is 2.12 bits per heavy atom. The van der Waals surface area contributed by atoms with Crippen LogP contribution in [0.1, 0.15) is 39.9 Å². The molecule has 0 aromatic heterocycles. The van der Waals surface area contributed by atoms with Crippen molar-refractivity contribution in [3.8, 4) is 0 Å². The fourth-order valence-electron chi connectivity index (χ4n) is 3.47. The van der Waals surface area contributed by atoms with Crippen LogP contribution >= 0.6 is 27.5 Å². The van der Waals surface area contributed by atoms with Crippen molar-refractivity contribution in [1.29, 1.82) is 0 Å². The number of carbonyl (C=O) groups excluding carboxylic acids is 2. The molecule has 220 valence electrons. The van der Waals surface area contributed by atoms with Crippen LogP contribution in [0.15, 0.2) is 46.9 Å². The van der Waals surface area contributed by atoms with Crippen LogP contribution in [-0.2, 0) is 11.0 Å². The standard InChI is InChI=1S/C24H18BrClF10N2O2/c1-11(21(40)38(2)10-22(28,29)30)37-20(39)14-5-3-13(7-16(14)24(34,35)36)19(27)9-15(23(31,32)33)12-4-6-17(25)18(26)8-12/h3-9,11,15H,10H2,1-2H3,(H,37,39)/b19-9-/t11-,15?/m1/s1. The Balaban J connectivity index is 2.44. The number of nitrogens with zero attached hydrogens (tertiary/aromatic N) is 1. The fourth-order valence-corrected chi connectivity index (χ4v) is 3.90. The number of alkyl halides is 9. The van der Waals surface area contributed by atoms with E-state index in [1.165, 1.54) is 6.07 Å². The second-order valence-corrected chi connectivity index (χ2v) is 9.73. The second-order valence-electron chi connectivity index (χ2n) is 8.47. The zero-order valence-electron chi connectivity index (χ0n) is 20.2. The van der Waals surface area contributed by atoms with Gasteiger partial charge in [-0.25, -0.2) is 4.39 Å². The quantitative estimate of drug-likeness (QED) is 0.304. The van der Waals surface area contributed by atoms with E-state index in [4.69, 9.17) is 11.6 Å². The van der Waals surface area contributed by atoms with E-state index >= 15 is 0 Å². The third-order valence-corrected chi connectivity index (χ3v) is 6.56. The Labute approximate surface area is 234 Å². The first kappa shape index (κ1) is 33.4. The minimum atomic E-state index is -5.31. The minimum Gasteiger partial charge on any atom is -0.341 e. The van der Waals surface area contributed by atoms with Crippen LogP contribution in [-0.4, -0.2) is 48.7 Å². The summed E-state index contributed by atoms with van der Waals surface area (Å²) in [5.41, 5.74) is -4.36. The Kier molecular flexibility index (Phi) is 10.3. The number of benzene rings is 2. The van der Waals surface area contributed by atoms with Crippen LogP contribution in [0, 0.1) is 0 Å². The molecule has 40 heavy (non-hydrogen) atoms. The number of likely N-dealkylation sites (N-methyl/N-ethyl adjacent to an activating group) is 1. The highest BCUT2D eigenvalue weighted by atomic mass is 79.9. The van der Waals surface area contributed by atoms with E-state index in [2.05, 4.69) is 15.9 Å². The van der Waals surface area contributed by atoms with Gasteiger partial charge in [0, 0.05) is 17.1 Å². The van der Waals surface area contributed by atoms with Gasteiger partial charge in [-0.1, -0.05) is 23.7 Å². The van der Waals surface area contributed by atoms with Crippen molar-refractivity contribution < 1.29 is 53.5 Å². The highest BCUT2D eigenvalue weighted by molar-refractivity contribution is 9.10. The summed E-state index contributed by atoms with van der Waals surface area (Å²) in [7, 11) is 0.764. The van der Waals surface area contributed by atoms with Gasteiger partial charge in [-0.3, -0.25) is 9.59 Å². The van der Waals surface area contributed by atoms with Gasteiger partial charge in [0.1, 0.15) is 24.3 Å². The molecule has 2 aromatic rings. The van der Waals surface area contributed by atoms with E-state index in [-0.39, 0.29) is 26.5 Å². The van der Waals surface area contributed by atoms with Crippen molar-refractivity contribution in [2.75, 3.05) is 13.6 Å². The Morgan fingerprint density at radius 2 is 1.62 bits per heavy atom. The summed E-state index contributed by atoms with van der Waals surface area (Å²) in [5.74, 6) is -7.11. The fraction of sp³-hybridized carbons (Fsp3) is 0.333. The maximum absolute atomic E-state index is 14.9. The van der Waals surface area contributed by atoms with Gasteiger partial charge in [0.05, 0.1) is 16.1 Å². The first-order valence-electron chi connectivity index (χ1n) is 10.8. The minimum absolute atomic E-state index is 0.0476. The van der Waals surface area contributed by atoms with E-state index in [0.717, 1.165) is 26.1 Å². The molecule has 0 aliphatic carbocycles. The van der Waals surface area contributed by atoms with Crippen LogP contribution in [0.3, 0.4) is 0 Å². The normalized spacial score (nSPS) is 14.5. The monoisotopic (exact) mass is 670 g/mol. The predicted molar refractivity (Wildman–Crippen MR) is 129 cm³/mol. The van der Waals surface area contributed by atoms with Gasteiger partial charge in [0.25, 0.3) is 5.91 Å². The van der Waals surface area contributed by atoms with Crippen LogP contribution in [0.5, 0.6) is 0 Å². The van der Waals surface area contributed by atoms with Crippen molar-refractivity contribution in [3.05, 3.63) is 74.2 Å². The van der Waals surface area contributed by atoms with Crippen molar-refractivity contribution in [1.82, 2.24) is 10.2 Å². The molecule has 2 amide bonds.